The Hall–Kier alpha value is -4.44. The number of hydrogen-bond acceptors (Lipinski definition) is 4. The van der Waals surface area contributed by atoms with Gasteiger partial charge in [-0.1, -0.05) is 84.9 Å². The van der Waals surface area contributed by atoms with E-state index in [-0.39, 0.29) is 20.1 Å². The van der Waals surface area contributed by atoms with Gasteiger partial charge in [-0.25, -0.2) is 0 Å². The molecule has 7 rings (SSSR count). The Morgan fingerprint density at radius 1 is 0.634 bits per heavy atom. The molecule has 0 saturated heterocycles. The minimum atomic E-state index is 0. The molecule has 0 N–H and O–H groups in total. The van der Waals surface area contributed by atoms with Crippen LogP contribution in [0.25, 0.3) is 55.6 Å². The molecule has 41 heavy (non-hydrogen) atoms. The minimum Gasteiger partial charge on any atom is -0.455 e. The molecule has 7 aromatic rings. The van der Waals surface area contributed by atoms with Gasteiger partial charge in [0.05, 0.1) is 6.20 Å². The molecule has 4 heterocycles. The van der Waals surface area contributed by atoms with Crippen molar-refractivity contribution in [3.8, 4) is 33.6 Å². The van der Waals surface area contributed by atoms with Gasteiger partial charge in [-0.2, -0.15) is 0 Å². The van der Waals surface area contributed by atoms with Crippen LogP contribution in [0.2, 0.25) is 0 Å². The Kier molecular flexibility index (Phi) is 8.49. The Morgan fingerprint density at radius 2 is 1.39 bits per heavy atom. The van der Waals surface area contributed by atoms with Crippen molar-refractivity contribution < 1.29 is 24.5 Å². The van der Waals surface area contributed by atoms with Crippen LogP contribution in [-0.2, 0) is 20.1 Å². The molecule has 0 fully saturated rings. The van der Waals surface area contributed by atoms with E-state index in [1.165, 1.54) is 27.8 Å². The van der Waals surface area contributed by atoms with Crippen LogP contribution in [0, 0.1) is 33.0 Å². The van der Waals surface area contributed by atoms with Crippen molar-refractivity contribution in [3.05, 3.63) is 139 Å². The van der Waals surface area contributed by atoms with Gasteiger partial charge in [0, 0.05) is 37.1 Å². The second kappa shape index (κ2) is 12.4. The van der Waals surface area contributed by atoms with Crippen molar-refractivity contribution in [2.75, 3.05) is 0 Å². The monoisotopic (exact) mass is 710 g/mol. The molecule has 0 bridgehead atoms. The fourth-order valence-electron chi connectivity index (χ4n) is 4.66. The standard InChI is InChI=1S/C20H18N.C16H9N2O.Ir/c1-14-9-10-18(20-11-15(2)16(3)13-21-20)12-19(14)17-7-5-4-6-8-17;1-2-6-15-12(5-1)13-8-14(18-10-16(13)19-15)11-4-3-7-17-9-11;/h4-9,11-13H,1-3H3;1-8,10H;/q2*-1;. The fourth-order valence-corrected chi connectivity index (χ4v) is 4.66. The fraction of sp³-hybridized carbons (Fsp3) is 0.0833. The number of aromatic nitrogens is 3. The van der Waals surface area contributed by atoms with Gasteiger partial charge in [0.15, 0.2) is 5.58 Å². The second-order valence-electron chi connectivity index (χ2n) is 9.79. The predicted octanol–water partition coefficient (Wildman–Crippen LogP) is 8.98. The average Bonchev–Trinajstić information content (AvgIpc) is 3.38. The third-order valence-corrected chi connectivity index (χ3v) is 7.04. The number of nitrogens with zero attached hydrogens (tertiary/aromatic N) is 3. The van der Waals surface area contributed by atoms with E-state index in [4.69, 9.17) is 4.42 Å². The summed E-state index contributed by atoms with van der Waals surface area (Å²) >= 11 is 0. The zero-order valence-electron chi connectivity index (χ0n) is 23.0. The number of benzene rings is 3. The first kappa shape index (κ1) is 28.1. The Balaban J connectivity index is 0.000000161. The summed E-state index contributed by atoms with van der Waals surface area (Å²) in [4.78, 5) is 13.0. The van der Waals surface area contributed by atoms with Gasteiger partial charge < -0.3 is 19.4 Å². The first-order chi connectivity index (χ1) is 19.6. The van der Waals surface area contributed by atoms with E-state index in [0.717, 1.165) is 44.5 Å². The third kappa shape index (κ3) is 6.02. The number of para-hydroxylation sites is 1. The maximum atomic E-state index is 5.75. The molecular weight excluding hydrogens is 683 g/mol. The largest absolute Gasteiger partial charge is 0.455 e. The summed E-state index contributed by atoms with van der Waals surface area (Å²) in [6, 6.07) is 34.0. The number of pyridine rings is 3. The zero-order chi connectivity index (χ0) is 27.5. The van der Waals surface area contributed by atoms with Gasteiger partial charge in [-0.15, -0.1) is 47.0 Å². The summed E-state index contributed by atoms with van der Waals surface area (Å²) in [6.45, 7) is 6.32. The molecule has 4 nitrogen and oxygen atoms in total. The van der Waals surface area contributed by atoms with Crippen molar-refractivity contribution in [1.29, 1.82) is 0 Å². The molecule has 0 aliphatic rings. The first-order valence-electron chi connectivity index (χ1n) is 13.2. The van der Waals surface area contributed by atoms with E-state index >= 15 is 0 Å². The molecule has 5 heteroatoms. The summed E-state index contributed by atoms with van der Waals surface area (Å²) in [7, 11) is 0. The summed E-state index contributed by atoms with van der Waals surface area (Å²) in [5.41, 5.74) is 11.6. The summed E-state index contributed by atoms with van der Waals surface area (Å²) in [5, 5.41) is 2.17. The van der Waals surface area contributed by atoms with Crippen molar-refractivity contribution in [2.24, 2.45) is 0 Å². The van der Waals surface area contributed by atoms with Crippen LogP contribution in [0.5, 0.6) is 0 Å². The predicted molar refractivity (Wildman–Crippen MR) is 162 cm³/mol. The maximum absolute atomic E-state index is 5.75. The normalized spacial score (nSPS) is 10.6. The van der Waals surface area contributed by atoms with Crippen LogP contribution >= 0.6 is 0 Å². The molecular formula is C36H27IrN3O-2. The maximum Gasteiger partial charge on any atom is 0.151 e. The quantitative estimate of drug-likeness (QED) is 0.172. The van der Waals surface area contributed by atoms with Crippen LogP contribution in [0.15, 0.2) is 114 Å². The first-order valence-corrected chi connectivity index (χ1v) is 13.2. The van der Waals surface area contributed by atoms with Gasteiger partial charge >= 0.3 is 0 Å². The van der Waals surface area contributed by atoms with Gasteiger partial charge in [-0.3, -0.25) is 0 Å². The number of aryl methyl sites for hydroxylation is 3. The van der Waals surface area contributed by atoms with Crippen LogP contribution in [0.3, 0.4) is 0 Å². The van der Waals surface area contributed by atoms with E-state index in [1.54, 1.807) is 12.4 Å². The summed E-state index contributed by atoms with van der Waals surface area (Å²) in [5.74, 6) is 0. The van der Waals surface area contributed by atoms with Crippen molar-refractivity contribution in [3.63, 3.8) is 0 Å². The van der Waals surface area contributed by atoms with E-state index in [1.807, 2.05) is 48.7 Å². The Bertz CT molecular complexity index is 1930. The Morgan fingerprint density at radius 3 is 2.17 bits per heavy atom. The van der Waals surface area contributed by atoms with Crippen LogP contribution in [0.4, 0.5) is 0 Å². The van der Waals surface area contributed by atoms with Crippen molar-refractivity contribution in [1.82, 2.24) is 15.0 Å². The summed E-state index contributed by atoms with van der Waals surface area (Å²) < 4.78 is 5.75. The van der Waals surface area contributed by atoms with Crippen LogP contribution in [0.1, 0.15) is 16.7 Å². The molecule has 1 radical (unpaired) electrons. The van der Waals surface area contributed by atoms with Gasteiger partial charge in [0.25, 0.3) is 0 Å². The van der Waals surface area contributed by atoms with Gasteiger partial charge in [-0.05, 0) is 48.6 Å². The van der Waals surface area contributed by atoms with Crippen LogP contribution in [-0.4, -0.2) is 15.0 Å². The van der Waals surface area contributed by atoms with E-state index < -0.39 is 0 Å². The molecule has 0 aliphatic heterocycles. The Labute approximate surface area is 253 Å². The number of fused-ring (bicyclic) bond motifs is 3. The summed E-state index contributed by atoms with van der Waals surface area (Å²) in [6.07, 6.45) is 8.34. The number of hydrogen-bond donors (Lipinski definition) is 0. The molecule has 3 aromatic carbocycles. The molecule has 4 aromatic heterocycles. The minimum absolute atomic E-state index is 0. The van der Waals surface area contributed by atoms with Crippen molar-refractivity contribution >= 4 is 21.9 Å². The zero-order valence-corrected chi connectivity index (χ0v) is 25.4. The van der Waals surface area contributed by atoms with Gasteiger partial charge in [0.2, 0.25) is 0 Å². The number of rotatable bonds is 3. The third-order valence-electron chi connectivity index (χ3n) is 7.04. The molecule has 0 spiro atoms. The number of furan rings is 1. The van der Waals surface area contributed by atoms with Crippen LogP contribution < -0.4 is 0 Å². The van der Waals surface area contributed by atoms with Crippen molar-refractivity contribution in [2.45, 2.75) is 20.8 Å². The molecule has 0 amide bonds. The molecule has 0 aliphatic carbocycles. The smallest absolute Gasteiger partial charge is 0.151 e. The van der Waals surface area contributed by atoms with E-state index in [2.05, 4.69) is 96.5 Å². The SMILES string of the molecule is Cc1cnc(-c2[c-]cc(C)c(-c3ccccc3)c2)cc1C.[Ir].[c-]1ncccc1-c1cc2c(cn1)oc1ccccc12. The average molecular weight is 710 g/mol. The molecule has 0 atom stereocenters. The molecule has 203 valence electrons. The molecule has 0 unspecified atom stereocenters. The molecule has 0 saturated carbocycles. The topological polar surface area (TPSA) is 51.8 Å². The van der Waals surface area contributed by atoms with E-state index in [0.29, 0.717) is 0 Å². The second-order valence-corrected chi connectivity index (χ2v) is 9.79. The van der Waals surface area contributed by atoms with E-state index in [9.17, 15) is 0 Å². The van der Waals surface area contributed by atoms with Gasteiger partial charge in [0.1, 0.15) is 5.58 Å².